The van der Waals surface area contributed by atoms with Gasteiger partial charge in [0, 0.05) is 17.0 Å². The van der Waals surface area contributed by atoms with E-state index in [0.717, 1.165) is 13.1 Å². The lowest BCUT2D eigenvalue weighted by Gasteiger charge is -2.37. The van der Waals surface area contributed by atoms with Crippen LogP contribution in [0.5, 0.6) is 0 Å². The molecule has 0 fully saturated rings. The zero-order valence-corrected chi connectivity index (χ0v) is 11.4. The second-order valence-corrected chi connectivity index (χ2v) is 4.81. The van der Waals surface area contributed by atoms with Crippen molar-refractivity contribution >= 4 is 11.6 Å². The maximum Gasteiger partial charge on any atom is 0.128 e. The Labute approximate surface area is 108 Å². The fraction of sp³-hybridized carbons (Fsp3) is 0.538. The summed E-state index contributed by atoms with van der Waals surface area (Å²) in [4.78, 5) is 2.09. The topological polar surface area (TPSA) is 29.3 Å². The van der Waals surface area contributed by atoms with Crippen molar-refractivity contribution in [2.45, 2.75) is 32.9 Å². The van der Waals surface area contributed by atoms with Crippen LogP contribution < -0.4 is 5.73 Å². The van der Waals surface area contributed by atoms with Crippen LogP contribution >= 0.6 is 11.6 Å². The highest BCUT2D eigenvalue weighted by atomic mass is 35.5. The van der Waals surface area contributed by atoms with Crippen molar-refractivity contribution in [2.24, 2.45) is 5.73 Å². The average Bonchev–Trinajstić information content (AvgIpc) is 2.25. The van der Waals surface area contributed by atoms with E-state index >= 15 is 0 Å². The molecular formula is C13H20ClFN2. The molecule has 4 heteroatoms. The van der Waals surface area contributed by atoms with Gasteiger partial charge in [-0.2, -0.15) is 0 Å². The smallest absolute Gasteiger partial charge is 0.128 e. The van der Waals surface area contributed by atoms with Gasteiger partial charge < -0.3 is 5.73 Å². The number of rotatable bonds is 5. The van der Waals surface area contributed by atoms with Gasteiger partial charge in [0.15, 0.2) is 0 Å². The summed E-state index contributed by atoms with van der Waals surface area (Å²) in [7, 11) is 0. The summed E-state index contributed by atoms with van der Waals surface area (Å²) >= 11 is 6.01. The molecule has 1 rings (SSSR count). The molecule has 1 atom stereocenters. The summed E-state index contributed by atoms with van der Waals surface area (Å²) in [5.74, 6) is -0.290. The van der Waals surface area contributed by atoms with Crippen molar-refractivity contribution in [3.63, 3.8) is 0 Å². The lowest BCUT2D eigenvalue weighted by Crippen LogP contribution is -2.55. The van der Waals surface area contributed by atoms with Crippen molar-refractivity contribution < 1.29 is 4.39 Å². The Balaban J connectivity index is 2.97. The van der Waals surface area contributed by atoms with Crippen LogP contribution in [0.15, 0.2) is 18.2 Å². The first kappa shape index (κ1) is 14.4. The van der Waals surface area contributed by atoms with Crippen molar-refractivity contribution in [1.29, 1.82) is 0 Å². The fourth-order valence-electron chi connectivity index (χ4n) is 2.12. The van der Waals surface area contributed by atoms with Gasteiger partial charge in [-0.3, -0.25) is 4.90 Å². The van der Waals surface area contributed by atoms with Gasteiger partial charge in [0.25, 0.3) is 0 Å². The second kappa shape index (κ2) is 5.80. The van der Waals surface area contributed by atoms with Crippen LogP contribution in [0.4, 0.5) is 4.39 Å². The van der Waals surface area contributed by atoms with Gasteiger partial charge in [0.05, 0.1) is 5.66 Å². The molecule has 0 heterocycles. The molecule has 96 valence electrons. The van der Waals surface area contributed by atoms with Crippen molar-refractivity contribution in [3.05, 3.63) is 34.6 Å². The summed E-state index contributed by atoms with van der Waals surface area (Å²) in [6.45, 7) is 7.64. The Morgan fingerprint density at radius 1 is 1.35 bits per heavy atom. The van der Waals surface area contributed by atoms with Crippen molar-refractivity contribution in [2.75, 3.05) is 13.1 Å². The van der Waals surface area contributed by atoms with E-state index in [-0.39, 0.29) is 5.82 Å². The first-order valence-corrected chi connectivity index (χ1v) is 6.27. The molecule has 0 saturated heterocycles. The third kappa shape index (κ3) is 3.41. The first-order valence-electron chi connectivity index (χ1n) is 5.89. The van der Waals surface area contributed by atoms with Gasteiger partial charge in [-0.05, 0) is 32.1 Å². The molecule has 0 aliphatic rings. The maximum atomic E-state index is 13.7. The minimum Gasteiger partial charge on any atom is -0.313 e. The van der Waals surface area contributed by atoms with E-state index in [0.29, 0.717) is 17.0 Å². The van der Waals surface area contributed by atoms with Crippen LogP contribution in [0.3, 0.4) is 0 Å². The van der Waals surface area contributed by atoms with Gasteiger partial charge in [-0.25, -0.2) is 4.39 Å². The zero-order chi connectivity index (χ0) is 13.1. The van der Waals surface area contributed by atoms with E-state index in [9.17, 15) is 4.39 Å². The number of hydrogen-bond acceptors (Lipinski definition) is 2. The third-order valence-corrected chi connectivity index (χ3v) is 3.44. The summed E-state index contributed by atoms with van der Waals surface area (Å²) in [6, 6.07) is 4.71. The van der Waals surface area contributed by atoms with Gasteiger partial charge in [0.2, 0.25) is 0 Å². The highest BCUT2D eigenvalue weighted by Gasteiger charge is 2.27. The van der Waals surface area contributed by atoms with Gasteiger partial charge in [-0.15, -0.1) is 0 Å². The predicted molar refractivity (Wildman–Crippen MR) is 70.6 cm³/mol. The second-order valence-electron chi connectivity index (χ2n) is 4.41. The van der Waals surface area contributed by atoms with E-state index in [4.69, 9.17) is 17.3 Å². The van der Waals surface area contributed by atoms with Gasteiger partial charge >= 0.3 is 0 Å². The largest absolute Gasteiger partial charge is 0.313 e. The van der Waals surface area contributed by atoms with E-state index < -0.39 is 5.66 Å². The molecule has 0 bridgehead atoms. The summed E-state index contributed by atoms with van der Waals surface area (Å²) < 4.78 is 13.7. The Hall–Kier alpha value is -0.640. The molecule has 17 heavy (non-hydrogen) atoms. The van der Waals surface area contributed by atoms with Crippen LogP contribution in [0, 0.1) is 5.82 Å². The standard InChI is InChI=1S/C13H20ClFN2/c1-4-17(5-2)13(3,16)9-10-11(14)7-6-8-12(10)15/h6-8H,4-5,9,16H2,1-3H3. The number of benzene rings is 1. The number of nitrogens with two attached hydrogens (primary N) is 1. The highest BCUT2D eigenvalue weighted by Crippen LogP contribution is 2.24. The normalized spacial score (nSPS) is 15.0. The molecule has 1 aromatic carbocycles. The quantitative estimate of drug-likeness (QED) is 0.823. The van der Waals surface area contributed by atoms with E-state index in [1.165, 1.54) is 6.07 Å². The monoisotopic (exact) mass is 258 g/mol. The first-order chi connectivity index (χ1) is 7.92. The van der Waals surface area contributed by atoms with Crippen molar-refractivity contribution in [3.8, 4) is 0 Å². The van der Waals surface area contributed by atoms with Gasteiger partial charge in [-0.1, -0.05) is 31.5 Å². The molecule has 1 unspecified atom stereocenters. The molecular weight excluding hydrogens is 239 g/mol. The molecule has 1 aromatic rings. The molecule has 0 saturated carbocycles. The van der Waals surface area contributed by atoms with E-state index in [1.807, 2.05) is 20.8 Å². The molecule has 0 spiro atoms. The van der Waals surface area contributed by atoms with Gasteiger partial charge in [0.1, 0.15) is 5.82 Å². The van der Waals surface area contributed by atoms with E-state index in [1.54, 1.807) is 12.1 Å². The minimum absolute atomic E-state index is 0.290. The Morgan fingerprint density at radius 2 is 1.94 bits per heavy atom. The van der Waals surface area contributed by atoms with E-state index in [2.05, 4.69) is 4.90 Å². The summed E-state index contributed by atoms with van der Waals surface area (Å²) in [5.41, 5.74) is 6.16. The molecule has 2 nitrogen and oxygen atoms in total. The average molecular weight is 259 g/mol. The SMILES string of the molecule is CCN(CC)C(C)(N)Cc1c(F)cccc1Cl. The highest BCUT2D eigenvalue weighted by molar-refractivity contribution is 6.31. The van der Waals surface area contributed by atoms with Crippen LogP contribution in [-0.2, 0) is 6.42 Å². The number of hydrogen-bond donors (Lipinski definition) is 1. The van der Waals surface area contributed by atoms with Crippen LogP contribution in [0.1, 0.15) is 26.3 Å². The third-order valence-electron chi connectivity index (χ3n) is 3.08. The van der Waals surface area contributed by atoms with Crippen molar-refractivity contribution in [1.82, 2.24) is 4.90 Å². The Bertz CT molecular complexity index is 355. The fourth-order valence-corrected chi connectivity index (χ4v) is 2.35. The summed E-state index contributed by atoms with van der Waals surface area (Å²) in [5, 5.41) is 0.439. The lowest BCUT2D eigenvalue weighted by molar-refractivity contribution is 0.122. The Morgan fingerprint density at radius 3 is 2.41 bits per heavy atom. The van der Waals surface area contributed by atoms with Crippen LogP contribution in [0.25, 0.3) is 0 Å². The summed E-state index contributed by atoms with van der Waals surface area (Å²) in [6.07, 6.45) is 0.403. The number of nitrogens with zero attached hydrogens (tertiary/aromatic N) is 1. The predicted octanol–water partition coefficient (Wildman–Crippen LogP) is 3.04. The number of likely N-dealkylation sites (N-methyl/N-ethyl adjacent to an activating group) is 1. The lowest BCUT2D eigenvalue weighted by atomic mass is 9.99. The zero-order valence-electron chi connectivity index (χ0n) is 10.6. The number of halogens is 2. The molecule has 0 aromatic heterocycles. The molecule has 0 amide bonds. The van der Waals surface area contributed by atoms with Crippen LogP contribution in [-0.4, -0.2) is 23.7 Å². The molecule has 0 aliphatic carbocycles. The maximum absolute atomic E-state index is 13.7. The minimum atomic E-state index is -0.588. The molecule has 2 N–H and O–H groups in total. The Kier molecular flexibility index (Phi) is 4.92. The van der Waals surface area contributed by atoms with Crippen LogP contribution in [0.2, 0.25) is 5.02 Å². The molecule has 0 aliphatic heterocycles. The molecule has 0 radical (unpaired) electrons.